The van der Waals surface area contributed by atoms with Crippen LogP contribution < -0.4 is 15.8 Å². The molecule has 0 aromatic heterocycles. The Kier molecular flexibility index (Phi) is 7.87. The highest BCUT2D eigenvalue weighted by Gasteiger charge is 2.34. The largest absolute Gasteiger partial charge is 0.497 e. The lowest BCUT2D eigenvalue weighted by atomic mass is 9.81. The number of hydrogen-bond acceptors (Lipinski definition) is 5. The fourth-order valence-electron chi connectivity index (χ4n) is 3.50. The van der Waals surface area contributed by atoms with Crippen LogP contribution in [0, 0.1) is 5.41 Å². The lowest BCUT2D eigenvalue weighted by Gasteiger charge is -2.36. The molecule has 0 bridgehead atoms. The maximum absolute atomic E-state index is 12.8. The molecule has 1 atom stereocenters. The van der Waals surface area contributed by atoms with Crippen molar-refractivity contribution in [3.8, 4) is 5.75 Å². The summed E-state index contributed by atoms with van der Waals surface area (Å²) >= 11 is 0. The van der Waals surface area contributed by atoms with Gasteiger partial charge in [-0.2, -0.15) is 0 Å². The molecule has 1 unspecified atom stereocenters. The molecule has 1 aromatic carbocycles. The van der Waals surface area contributed by atoms with E-state index in [-0.39, 0.29) is 11.9 Å². The first-order valence-electron chi connectivity index (χ1n) is 9.54. The minimum atomic E-state index is -0.477. The minimum Gasteiger partial charge on any atom is -0.497 e. The summed E-state index contributed by atoms with van der Waals surface area (Å²) in [5, 5.41) is 3.17. The zero-order chi connectivity index (χ0) is 19.0. The van der Waals surface area contributed by atoms with Gasteiger partial charge in [-0.25, -0.2) is 0 Å². The number of benzene rings is 1. The standard InChI is InChI=1S/C20H33N3O3/c1-4-20(5-2,15-21)19(24)22-14-18(23-10-12-26-13-11-23)16-6-8-17(25-3)9-7-16/h6-9,18H,4-5,10-15,21H2,1-3H3,(H,22,24). The number of morpholine rings is 1. The number of carbonyl (C=O) groups excluding carboxylic acids is 1. The van der Waals surface area contributed by atoms with Crippen molar-refractivity contribution in [2.75, 3.05) is 46.5 Å². The molecule has 0 saturated carbocycles. The van der Waals surface area contributed by atoms with Gasteiger partial charge in [0.2, 0.25) is 5.91 Å². The van der Waals surface area contributed by atoms with Gasteiger partial charge in [-0.15, -0.1) is 0 Å². The summed E-state index contributed by atoms with van der Waals surface area (Å²) in [4.78, 5) is 15.2. The number of nitrogens with one attached hydrogen (secondary N) is 1. The third-order valence-corrected chi connectivity index (χ3v) is 5.67. The number of carbonyl (C=O) groups is 1. The fourth-order valence-corrected chi connectivity index (χ4v) is 3.50. The Balaban J connectivity index is 2.14. The third kappa shape index (κ3) is 4.75. The van der Waals surface area contributed by atoms with Gasteiger partial charge in [0.1, 0.15) is 5.75 Å². The van der Waals surface area contributed by atoms with Gasteiger partial charge in [-0.3, -0.25) is 9.69 Å². The molecule has 0 radical (unpaired) electrons. The quantitative estimate of drug-likeness (QED) is 0.701. The summed E-state index contributed by atoms with van der Waals surface area (Å²) in [6.45, 7) is 8.14. The number of rotatable bonds is 9. The van der Waals surface area contributed by atoms with Gasteiger partial charge >= 0.3 is 0 Å². The van der Waals surface area contributed by atoms with Crippen LogP contribution in [0.1, 0.15) is 38.3 Å². The van der Waals surface area contributed by atoms with Gasteiger partial charge in [0.25, 0.3) is 0 Å². The van der Waals surface area contributed by atoms with Crippen molar-refractivity contribution in [3.05, 3.63) is 29.8 Å². The summed E-state index contributed by atoms with van der Waals surface area (Å²) in [7, 11) is 1.66. The van der Waals surface area contributed by atoms with Crippen LogP contribution in [0.3, 0.4) is 0 Å². The van der Waals surface area contributed by atoms with Gasteiger partial charge in [0.15, 0.2) is 0 Å². The molecule has 6 heteroatoms. The fraction of sp³-hybridized carbons (Fsp3) is 0.650. The molecule has 1 aliphatic heterocycles. The van der Waals surface area contributed by atoms with Crippen LogP contribution in [0.2, 0.25) is 0 Å². The topological polar surface area (TPSA) is 76.8 Å². The maximum Gasteiger partial charge on any atom is 0.227 e. The SMILES string of the molecule is CCC(CC)(CN)C(=O)NCC(c1ccc(OC)cc1)N1CCOCC1. The normalized spacial score (nSPS) is 16.9. The van der Waals surface area contributed by atoms with Crippen molar-refractivity contribution in [3.63, 3.8) is 0 Å². The molecule has 0 spiro atoms. The molecular formula is C20H33N3O3. The Hall–Kier alpha value is -1.63. The monoisotopic (exact) mass is 363 g/mol. The molecule has 1 saturated heterocycles. The van der Waals surface area contributed by atoms with Crippen LogP contribution in [0.5, 0.6) is 5.75 Å². The third-order valence-electron chi connectivity index (χ3n) is 5.67. The highest BCUT2D eigenvalue weighted by molar-refractivity contribution is 5.82. The second-order valence-electron chi connectivity index (χ2n) is 6.84. The van der Waals surface area contributed by atoms with Crippen LogP contribution in [0.25, 0.3) is 0 Å². The average molecular weight is 364 g/mol. The van der Waals surface area contributed by atoms with Crippen LogP contribution in [0.15, 0.2) is 24.3 Å². The molecule has 1 amide bonds. The van der Waals surface area contributed by atoms with Gasteiger partial charge in [0.05, 0.1) is 31.8 Å². The smallest absolute Gasteiger partial charge is 0.227 e. The van der Waals surface area contributed by atoms with E-state index < -0.39 is 5.41 Å². The van der Waals surface area contributed by atoms with Crippen molar-refractivity contribution in [2.45, 2.75) is 32.7 Å². The first kappa shape index (κ1) is 20.7. The van der Waals surface area contributed by atoms with Crippen LogP contribution in [-0.4, -0.2) is 57.3 Å². The molecular weight excluding hydrogens is 330 g/mol. The Morgan fingerprint density at radius 1 is 1.27 bits per heavy atom. The van der Waals surface area contributed by atoms with Crippen molar-refractivity contribution in [2.24, 2.45) is 11.1 Å². The first-order valence-corrected chi connectivity index (χ1v) is 9.54. The number of ether oxygens (including phenoxy) is 2. The second kappa shape index (κ2) is 9.90. The van der Waals surface area contributed by atoms with E-state index in [0.29, 0.717) is 13.1 Å². The van der Waals surface area contributed by atoms with Crippen molar-refractivity contribution < 1.29 is 14.3 Å². The zero-order valence-electron chi connectivity index (χ0n) is 16.3. The predicted molar refractivity (Wildman–Crippen MR) is 103 cm³/mol. The molecule has 26 heavy (non-hydrogen) atoms. The summed E-state index contributed by atoms with van der Waals surface area (Å²) in [6.07, 6.45) is 1.49. The predicted octanol–water partition coefficient (Wildman–Crippen LogP) is 1.95. The van der Waals surface area contributed by atoms with Crippen molar-refractivity contribution in [1.29, 1.82) is 0 Å². The van der Waals surface area contributed by atoms with Crippen molar-refractivity contribution >= 4 is 5.91 Å². The number of amides is 1. The Morgan fingerprint density at radius 3 is 2.38 bits per heavy atom. The number of methoxy groups -OCH3 is 1. The molecule has 3 N–H and O–H groups in total. The molecule has 146 valence electrons. The molecule has 2 rings (SSSR count). The van der Waals surface area contributed by atoms with Crippen molar-refractivity contribution in [1.82, 2.24) is 10.2 Å². The minimum absolute atomic E-state index is 0.0526. The zero-order valence-corrected chi connectivity index (χ0v) is 16.3. The Bertz CT molecular complexity index is 544. The first-order chi connectivity index (χ1) is 12.6. The van der Waals surface area contributed by atoms with E-state index in [9.17, 15) is 4.79 Å². The van der Waals surface area contributed by atoms with Gasteiger partial charge in [0, 0.05) is 26.2 Å². The van der Waals surface area contributed by atoms with E-state index in [4.69, 9.17) is 15.2 Å². The molecule has 1 aliphatic rings. The van der Waals surface area contributed by atoms with Gasteiger partial charge in [-0.1, -0.05) is 26.0 Å². The summed E-state index contributed by atoms with van der Waals surface area (Å²) in [5.41, 5.74) is 6.61. The Morgan fingerprint density at radius 2 is 1.88 bits per heavy atom. The van der Waals surface area contributed by atoms with E-state index in [2.05, 4.69) is 22.3 Å². The maximum atomic E-state index is 12.8. The van der Waals surface area contributed by atoms with E-state index in [1.165, 1.54) is 5.56 Å². The molecule has 1 heterocycles. The molecule has 0 aliphatic carbocycles. The molecule has 6 nitrogen and oxygen atoms in total. The number of nitrogens with two attached hydrogens (primary N) is 1. The van der Waals surface area contributed by atoms with Crippen LogP contribution >= 0.6 is 0 Å². The molecule has 1 aromatic rings. The molecule has 1 fully saturated rings. The summed E-state index contributed by atoms with van der Waals surface area (Å²) < 4.78 is 10.8. The van der Waals surface area contributed by atoms with E-state index in [0.717, 1.165) is 44.9 Å². The van der Waals surface area contributed by atoms with E-state index in [1.807, 2.05) is 26.0 Å². The highest BCUT2D eigenvalue weighted by Crippen LogP contribution is 2.27. The Labute approximate surface area is 157 Å². The van der Waals surface area contributed by atoms with Gasteiger partial charge in [-0.05, 0) is 30.5 Å². The van der Waals surface area contributed by atoms with Crippen LogP contribution in [-0.2, 0) is 9.53 Å². The van der Waals surface area contributed by atoms with E-state index >= 15 is 0 Å². The lowest BCUT2D eigenvalue weighted by Crippen LogP contribution is -2.49. The van der Waals surface area contributed by atoms with E-state index in [1.54, 1.807) is 7.11 Å². The highest BCUT2D eigenvalue weighted by atomic mass is 16.5. The lowest BCUT2D eigenvalue weighted by molar-refractivity contribution is -0.131. The summed E-state index contributed by atoms with van der Waals surface area (Å²) in [5.74, 6) is 0.884. The summed E-state index contributed by atoms with van der Waals surface area (Å²) in [6, 6.07) is 8.18. The van der Waals surface area contributed by atoms with Crippen LogP contribution in [0.4, 0.5) is 0 Å². The number of nitrogens with zero attached hydrogens (tertiary/aromatic N) is 1. The average Bonchev–Trinajstić information content (AvgIpc) is 2.71. The second-order valence-corrected chi connectivity index (χ2v) is 6.84. The van der Waals surface area contributed by atoms with Gasteiger partial charge < -0.3 is 20.5 Å². The number of hydrogen-bond donors (Lipinski definition) is 2.